The molecular formula is C15H33NO3. The van der Waals surface area contributed by atoms with E-state index in [9.17, 15) is 5.11 Å². The highest BCUT2D eigenvalue weighted by molar-refractivity contribution is 4.96. The van der Waals surface area contributed by atoms with Gasteiger partial charge in [0.05, 0.1) is 18.3 Å². The predicted molar refractivity (Wildman–Crippen MR) is 78.8 cm³/mol. The molecule has 0 atom stereocenters. The molecule has 4 nitrogen and oxygen atoms in total. The van der Waals surface area contributed by atoms with Crippen LogP contribution in [0.5, 0.6) is 0 Å². The van der Waals surface area contributed by atoms with Crippen LogP contribution in [0.1, 0.15) is 68.2 Å². The van der Waals surface area contributed by atoms with Crippen LogP contribution in [0.15, 0.2) is 0 Å². The molecule has 1 aliphatic heterocycles. The number of hydrogen-bond donors (Lipinski definition) is 2. The van der Waals surface area contributed by atoms with Crippen LogP contribution in [0.25, 0.3) is 0 Å². The number of aliphatic hydroxyl groups excluding tert-OH is 1. The summed E-state index contributed by atoms with van der Waals surface area (Å²) >= 11 is 0. The van der Waals surface area contributed by atoms with Crippen LogP contribution < -0.4 is 0 Å². The summed E-state index contributed by atoms with van der Waals surface area (Å²) in [4.78, 5) is 5.68. The van der Waals surface area contributed by atoms with Gasteiger partial charge in [-0.05, 0) is 68.2 Å². The van der Waals surface area contributed by atoms with Crippen molar-refractivity contribution in [2.75, 3.05) is 6.61 Å². The molecule has 0 aromatic carbocycles. The second-order valence-corrected chi connectivity index (χ2v) is 7.57. The topological polar surface area (TPSA) is 52.9 Å². The van der Waals surface area contributed by atoms with E-state index in [1.54, 1.807) is 20.8 Å². The Kier molecular flexibility index (Phi) is 6.47. The number of nitrogens with zero attached hydrogens (tertiary/aromatic N) is 1. The monoisotopic (exact) mass is 275 g/mol. The lowest BCUT2D eigenvalue weighted by Gasteiger charge is -2.52. The molecule has 1 heterocycles. The van der Waals surface area contributed by atoms with E-state index >= 15 is 0 Å². The zero-order valence-corrected chi connectivity index (χ0v) is 13.9. The molecule has 0 aliphatic carbocycles. The van der Waals surface area contributed by atoms with Gasteiger partial charge < -0.3 is 10.2 Å². The summed E-state index contributed by atoms with van der Waals surface area (Å²) in [6.07, 6.45) is 1.34. The molecule has 2 N–H and O–H groups in total. The zero-order chi connectivity index (χ0) is 15.5. The van der Waals surface area contributed by atoms with Gasteiger partial charge in [-0.1, -0.05) is 0 Å². The third-order valence-electron chi connectivity index (χ3n) is 2.83. The fraction of sp³-hybridized carbons (Fsp3) is 1.00. The Hall–Kier alpha value is -0.160. The quantitative estimate of drug-likeness (QED) is 0.813. The second-order valence-electron chi connectivity index (χ2n) is 7.57. The molecule has 0 amide bonds. The van der Waals surface area contributed by atoms with Crippen molar-refractivity contribution in [1.29, 1.82) is 0 Å². The predicted octanol–water partition coefficient (Wildman–Crippen LogP) is 2.73. The van der Waals surface area contributed by atoms with Crippen LogP contribution in [-0.2, 0) is 4.84 Å². The fourth-order valence-electron chi connectivity index (χ4n) is 2.69. The molecule has 19 heavy (non-hydrogen) atoms. The molecule has 0 spiro atoms. The summed E-state index contributed by atoms with van der Waals surface area (Å²) in [7, 11) is 0. The van der Waals surface area contributed by atoms with Gasteiger partial charge in [0.25, 0.3) is 0 Å². The van der Waals surface area contributed by atoms with Gasteiger partial charge in [-0.25, -0.2) is 0 Å². The highest BCUT2D eigenvalue weighted by atomic mass is 16.7. The van der Waals surface area contributed by atoms with Crippen LogP contribution in [0.3, 0.4) is 0 Å². The van der Waals surface area contributed by atoms with Crippen LogP contribution in [0.4, 0.5) is 0 Å². The van der Waals surface area contributed by atoms with Crippen LogP contribution >= 0.6 is 0 Å². The molecule has 1 saturated heterocycles. The van der Waals surface area contributed by atoms with Crippen molar-refractivity contribution in [3.05, 3.63) is 0 Å². The number of piperidine rings is 1. The van der Waals surface area contributed by atoms with Gasteiger partial charge in [0.1, 0.15) is 0 Å². The number of hydrogen-bond acceptors (Lipinski definition) is 4. The van der Waals surface area contributed by atoms with E-state index < -0.39 is 5.60 Å². The molecular weight excluding hydrogens is 242 g/mol. The number of hydroxylamine groups is 2. The first-order valence-corrected chi connectivity index (χ1v) is 7.13. The molecule has 116 valence electrons. The minimum absolute atomic E-state index is 0.0861. The van der Waals surface area contributed by atoms with Gasteiger partial charge in [-0.2, -0.15) is 5.06 Å². The SMILES string of the molecule is CC(C)(C)O.CCON1C(C)(C)CC(O)CC1(C)C. The maximum absolute atomic E-state index is 9.78. The summed E-state index contributed by atoms with van der Waals surface area (Å²) in [5.74, 6) is 0. The van der Waals surface area contributed by atoms with Crippen LogP contribution in [-0.4, -0.2) is 44.7 Å². The molecule has 0 unspecified atom stereocenters. The minimum Gasteiger partial charge on any atom is -0.393 e. The van der Waals surface area contributed by atoms with Gasteiger partial charge in [0.15, 0.2) is 0 Å². The average Bonchev–Trinajstić information content (AvgIpc) is 2.06. The molecule has 0 radical (unpaired) electrons. The smallest absolute Gasteiger partial charge is 0.0657 e. The molecule has 1 fully saturated rings. The highest BCUT2D eigenvalue weighted by Gasteiger charge is 2.45. The molecule has 1 rings (SSSR count). The molecule has 1 aliphatic rings. The zero-order valence-electron chi connectivity index (χ0n) is 13.9. The van der Waals surface area contributed by atoms with E-state index in [-0.39, 0.29) is 17.2 Å². The first kappa shape index (κ1) is 18.8. The Morgan fingerprint density at radius 1 is 1.11 bits per heavy atom. The summed E-state index contributed by atoms with van der Waals surface area (Å²) in [5.41, 5.74) is -0.672. The second kappa shape index (κ2) is 6.53. The molecule has 4 heteroatoms. The van der Waals surface area contributed by atoms with Gasteiger partial charge in [-0.3, -0.25) is 4.84 Å². The van der Waals surface area contributed by atoms with E-state index in [1.165, 1.54) is 0 Å². The number of rotatable bonds is 2. The minimum atomic E-state index is -0.500. The molecule has 0 aromatic rings. The Morgan fingerprint density at radius 3 is 1.68 bits per heavy atom. The Morgan fingerprint density at radius 2 is 1.42 bits per heavy atom. The van der Waals surface area contributed by atoms with Crippen molar-refractivity contribution < 1.29 is 15.1 Å². The summed E-state index contributed by atoms with van der Waals surface area (Å²) < 4.78 is 0. The van der Waals surface area contributed by atoms with Gasteiger partial charge in [0, 0.05) is 11.1 Å². The van der Waals surface area contributed by atoms with E-state index in [2.05, 4.69) is 27.7 Å². The van der Waals surface area contributed by atoms with E-state index in [0.29, 0.717) is 6.61 Å². The lowest BCUT2D eigenvalue weighted by atomic mass is 9.80. The van der Waals surface area contributed by atoms with Gasteiger partial charge >= 0.3 is 0 Å². The van der Waals surface area contributed by atoms with Crippen LogP contribution in [0.2, 0.25) is 0 Å². The van der Waals surface area contributed by atoms with Crippen molar-refractivity contribution in [1.82, 2.24) is 5.06 Å². The standard InChI is InChI=1S/C11H23NO2.C4H10O/c1-6-14-12-10(2,3)7-9(13)8-11(12,4)5;1-4(2,3)5/h9,13H,6-8H2,1-5H3;5H,1-3H3. The van der Waals surface area contributed by atoms with Crippen molar-refractivity contribution in [2.24, 2.45) is 0 Å². The van der Waals surface area contributed by atoms with Crippen molar-refractivity contribution in [3.63, 3.8) is 0 Å². The largest absolute Gasteiger partial charge is 0.393 e. The Labute approximate surface area is 118 Å². The van der Waals surface area contributed by atoms with E-state index in [1.807, 2.05) is 12.0 Å². The normalized spacial score (nSPS) is 23.7. The third-order valence-corrected chi connectivity index (χ3v) is 2.83. The maximum atomic E-state index is 9.78. The summed E-state index contributed by atoms with van der Waals surface area (Å²) in [6, 6.07) is 0. The lowest BCUT2D eigenvalue weighted by Crippen LogP contribution is -2.61. The van der Waals surface area contributed by atoms with Crippen molar-refractivity contribution in [2.45, 2.75) is 91.0 Å². The highest BCUT2D eigenvalue weighted by Crippen LogP contribution is 2.38. The molecule has 0 bridgehead atoms. The Bertz CT molecular complexity index is 245. The Balaban J connectivity index is 0.000000555. The first-order chi connectivity index (χ1) is 8.29. The third kappa shape index (κ3) is 7.25. The fourth-order valence-corrected chi connectivity index (χ4v) is 2.69. The summed E-state index contributed by atoms with van der Waals surface area (Å²) in [6.45, 7) is 16.4. The first-order valence-electron chi connectivity index (χ1n) is 7.13. The van der Waals surface area contributed by atoms with Gasteiger partial charge in [0.2, 0.25) is 0 Å². The average molecular weight is 275 g/mol. The molecule has 0 aromatic heterocycles. The summed E-state index contributed by atoms with van der Waals surface area (Å²) in [5, 5.41) is 20.4. The maximum Gasteiger partial charge on any atom is 0.0657 e. The van der Waals surface area contributed by atoms with Gasteiger partial charge in [-0.15, -0.1) is 0 Å². The van der Waals surface area contributed by atoms with E-state index in [4.69, 9.17) is 9.94 Å². The van der Waals surface area contributed by atoms with E-state index in [0.717, 1.165) is 12.8 Å². The van der Waals surface area contributed by atoms with Crippen LogP contribution in [0, 0.1) is 0 Å². The number of aliphatic hydroxyl groups is 2. The lowest BCUT2D eigenvalue weighted by molar-refractivity contribution is -0.289. The van der Waals surface area contributed by atoms with Crippen molar-refractivity contribution >= 4 is 0 Å². The molecule has 0 saturated carbocycles. The van der Waals surface area contributed by atoms with Crippen molar-refractivity contribution in [3.8, 4) is 0 Å².